The molecule has 0 bridgehead atoms. The topological polar surface area (TPSA) is 246 Å². The summed E-state index contributed by atoms with van der Waals surface area (Å²) >= 11 is 6.46. The van der Waals surface area contributed by atoms with Gasteiger partial charge in [-0.05, 0) is 13.0 Å². The zero-order valence-corrected chi connectivity index (χ0v) is 19.3. The second-order valence-electron chi connectivity index (χ2n) is 6.73. The average Bonchev–Trinajstić information content (AvgIpc) is 3.11. The predicted molar refractivity (Wildman–Crippen MR) is 106 cm³/mol. The molecule has 20 heteroatoms. The van der Waals surface area contributed by atoms with Crippen LogP contribution in [0.15, 0.2) is 18.6 Å². The quantitative estimate of drug-likeness (QED) is 0.199. The molecule has 1 fully saturated rings. The van der Waals surface area contributed by atoms with Gasteiger partial charge >= 0.3 is 23.5 Å². The molecule has 0 radical (unpaired) electrons. The Labute approximate surface area is 184 Å². The van der Waals surface area contributed by atoms with Crippen molar-refractivity contribution in [2.75, 3.05) is 12.3 Å². The third-order valence-electron chi connectivity index (χ3n) is 4.33. The van der Waals surface area contributed by atoms with Gasteiger partial charge in [-0.25, -0.2) is 23.7 Å². The monoisotopic (exact) mass is 538 g/mol. The Kier molecular flexibility index (Phi) is 6.96. The van der Waals surface area contributed by atoms with Gasteiger partial charge in [-0.3, -0.25) is 4.52 Å². The molecule has 16 nitrogen and oxygen atoms in total. The molecule has 2 aromatic rings. The molecule has 1 saturated heterocycles. The minimum absolute atomic E-state index is 0.188. The molecule has 3 heterocycles. The summed E-state index contributed by atoms with van der Waals surface area (Å²) in [5.74, 6) is 0.188. The third-order valence-corrected chi connectivity index (χ3v) is 8.54. The summed E-state index contributed by atoms with van der Waals surface area (Å²) in [6, 6.07) is 1.59. The number of aliphatic hydroxyl groups is 1. The second kappa shape index (κ2) is 8.67. The van der Waals surface area contributed by atoms with E-state index in [1.54, 1.807) is 6.07 Å². The van der Waals surface area contributed by atoms with E-state index in [4.69, 9.17) is 31.9 Å². The van der Waals surface area contributed by atoms with Gasteiger partial charge in [-0.15, -0.1) is 11.6 Å². The Morgan fingerprint density at radius 1 is 1.22 bits per heavy atom. The Morgan fingerprint density at radius 3 is 2.50 bits per heavy atom. The summed E-state index contributed by atoms with van der Waals surface area (Å²) < 4.78 is 52.8. The molecule has 2 aromatic heterocycles. The summed E-state index contributed by atoms with van der Waals surface area (Å²) in [7, 11) is -16.6. The Morgan fingerprint density at radius 2 is 1.88 bits per heavy atom. The highest BCUT2D eigenvalue weighted by Gasteiger charge is 2.54. The highest BCUT2D eigenvalue weighted by atomic mass is 35.5. The summed E-state index contributed by atoms with van der Waals surface area (Å²) in [6.45, 7) is 0.547. The molecule has 0 saturated carbocycles. The molecular weight excluding hydrogens is 521 g/mol. The minimum atomic E-state index is -5.68. The number of alkyl halides is 1. The first kappa shape index (κ1) is 25.7. The first-order valence-corrected chi connectivity index (χ1v) is 13.3. The van der Waals surface area contributed by atoms with Crippen LogP contribution in [0.4, 0.5) is 5.82 Å². The molecule has 0 aliphatic carbocycles. The molecule has 3 rings (SSSR count). The van der Waals surface area contributed by atoms with E-state index < -0.39 is 53.4 Å². The van der Waals surface area contributed by atoms with Crippen molar-refractivity contribution >= 4 is 51.9 Å². The van der Waals surface area contributed by atoms with E-state index >= 15 is 0 Å². The van der Waals surface area contributed by atoms with Crippen molar-refractivity contribution < 1.29 is 56.3 Å². The summed E-state index contributed by atoms with van der Waals surface area (Å²) in [6.07, 6.45) is -1.17. The number of phosphoric acid groups is 3. The smallest absolute Gasteiger partial charge is 0.388 e. The number of nitrogens with two attached hydrogens (primary N) is 1. The van der Waals surface area contributed by atoms with Crippen molar-refractivity contribution in [3.05, 3.63) is 18.6 Å². The van der Waals surface area contributed by atoms with Gasteiger partial charge in [0.2, 0.25) is 0 Å². The van der Waals surface area contributed by atoms with E-state index in [0.29, 0.717) is 11.0 Å². The van der Waals surface area contributed by atoms with Crippen molar-refractivity contribution in [2.45, 2.75) is 30.2 Å². The van der Waals surface area contributed by atoms with Crippen LogP contribution in [0.2, 0.25) is 0 Å². The molecule has 6 unspecified atom stereocenters. The number of aromatic nitrogens is 3. The molecule has 0 spiro atoms. The van der Waals surface area contributed by atoms with Crippen LogP contribution in [0.1, 0.15) is 13.2 Å². The molecule has 180 valence electrons. The second-order valence-corrected chi connectivity index (χ2v) is 12.0. The standard InChI is InChI=1S/C12H18ClN4O12P3/c1-12(13)8(18)7(4-26-31(22,23)29-32(24,25)28-30(19,20)21)27-11(12)17-3-2-6-9(14)15-5-16-10(6)17/h2-3,5,7-8,11,18H,4H2,1H3,(H,22,23)(H,24,25)(H2,14,15,16)(H2,19,20,21). The predicted octanol–water partition coefficient (Wildman–Crippen LogP) is 0.613. The number of ether oxygens (including phenoxy) is 1. The first-order chi connectivity index (χ1) is 14.5. The number of fused-ring (bicyclic) bond motifs is 1. The van der Waals surface area contributed by atoms with Gasteiger partial charge in [0.15, 0.2) is 6.23 Å². The Balaban J connectivity index is 1.74. The zero-order chi connectivity index (χ0) is 24.1. The van der Waals surface area contributed by atoms with Crippen molar-refractivity contribution in [2.24, 2.45) is 0 Å². The molecule has 0 amide bonds. The van der Waals surface area contributed by atoms with Crippen LogP contribution >= 0.6 is 35.1 Å². The molecule has 32 heavy (non-hydrogen) atoms. The van der Waals surface area contributed by atoms with Crippen LogP contribution < -0.4 is 5.73 Å². The van der Waals surface area contributed by atoms with E-state index in [1.807, 2.05) is 0 Å². The summed E-state index contributed by atoms with van der Waals surface area (Å²) in [4.78, 5) is 42.3. The number of hydrogen-bond acceptors (Lipinski definition) is 11. The van der Waals surface area contributed by atoms with Crippen molar-refractivity contribution in [3.63, 3.8) is 0 Å². The molecular formula is C12H18ClN4O12P3. The Bertz CT molecular complexity index is 1150. The van der Waals surface area contributed by atoms with Gasteiger partial charge in [-0.2, -0.15) is 8.62 Å². The first-order valence-electron chi connectivity index (χ1n) is 8.40. The van der Waals surface area contributed by atoms with E-state index in [9.17, 15) is 28.6 Å². The number of aliphatic hydroxyl groups excluding tert-OH is 1. The molecule has 7 N–H and O–H groups in total. The van der Waals surface area contributed by atoms with Crippen molar-refractivity contribution in [1.29, 1.82) is 0 Å². The molecule has 6 atom stereocenters. The highest BCUT2D eigenvalue weighted by molar-refractivity contribution is 7.66. The largest absolute Gasteiger partial charge is 0.490 e. The number of rotatable bonds is 8. The Hall–Kier alpha value is -0.960. The zero-order valence-electron chi connectivity index (χ0n) is 15.9. The van der Waals surface area contributed by atoms with E-state index in [-0.39, 0.29) is 5.82 Å². The SMILES string of the molecule is CC1(Cl)C(O)C(COP(=O)(O)OP(=O)(O)OP(=O)(O)O)OC1n1ccc2c(N)ncnc21. The van der Waals surface area contributed by atoms with Gasteiger partial charge in [0.1, 0.15) is 34.9 Å². The lowest BCUT2D eigenvalue weighted by atomic mass is 10.0. The third kappa shape index (κ3) is 5.57. The number of nitrogens with zero attached hydrogens (tertiary/aromatic N) is 3. The van der Waals surface area contributed by atoms with E-state index in [2.05, 4.69) is 23.1 Å². The molecule has 1 aliphatic rings. The van der Waals surface area contributed by atoms with Crippen molar-refractivity contribution in [3.8, 4) is 0 Å². The number of halogens is 1. The van der Waals surface area contributed by atoms with Gasteiger partial charge in [-0.1, -0.05) is 0 Å². The van der Waals surface area contributed by atoms with Crippen LogP contribution in [-0.2, 0) is 31.6 Å². The fourth-order valence-electron chi connectivity index (χ4n) is 3.00. The van der Waals surface area contributed by atoms with Crippen LogP contribution in [0.25, 0.3) is 11.0 Å². The number of nitrogen functional groups attached to an aromatic ring is 1. The molecule has 1 aliphatic heterocycles. The van der Waals surface area contributed by atoms with Crippen LogP contribution in [0.5, 0.6) is 0 Å². The fourth-order valence-corrected chi connectivity index (χ4v) is 6.33. The lowest BCUT2D eigenvalue weighted by Gasteiger charge is -2.26. The number of anilines is 1. The van der Waals surface area contributed by atoms with Gasteiger partial charge < -0.3 is 39.7 Å². The lowest BCUT2D eigenvalue weighted by Crippen LogP contribution is -2.39. The maximum Gasteiger partial charge on any atom is 0.490 e. The maximum absolute atomic E-state index is 11.9. The normalized spacial score (nSPS) is 30.3. The molecule has 0 aromatic carbocycles. The fraction of sp³-hybridized carbons (Fsp3) is 0.500. The average molecular weight is 539 g/mol. The van der Waals surface area contributed by atoms with Gasteiger partial charge in [0.25, 0.3) is 0 Å². The summed E-state index contributed by atoms with van der Waals surface area (Å²) in [5.41, 5.74) is 6.12. The van der Waals surface area contributed by atoms with Gasteiger partial charge in [0, 0.05) is 6.20 Å². The van der Waals surface area contributed by atoms with E-state index in [1.165, 1.54) is 24.0 Å². The van der Waals surface area contributed by atoms with Crippen LogP contribution in [0, 0.1) is 0 Å². The van der Waals surface area contributed by atoms with Crippen molar-refractivity contribution in [1.82, 2.24) is 14.5 Å². The lowest BCUT2D eigenvalue weighted by molar-refractivity contribution is -0.0430. The van der Waals surface area contributed by atoms with Crippen LogP contribution in [-0.4, -0.2) is 62.9 Å². The minimum Gasteiger partial charge on any atom is -0.388 e. The number of phosphoric ester groups is 1. The maximum atomic E-state index is 11.9. The van der Waals surface area contributed by atoms with E-state index in [0.717, 1.165) is 0 Å². The van der Waals surface area contributed by atoms with Gasteiger partial charge in [0.05, 0.1) is 12.0 Å². The number of hydrogen-bond donors (Lipinski definition) is 6. The summed E-state index contributed by atoms with van der Waals surface area (Å²) in [5, 5.41) is 11.0. The highest BCUT2D eigenvalue weighted by Crippen LogP contribution is 2.66. The van der Waals surface area contributed by atoms with Crippen LogP contribution in [0.3, 0.4) is 0 Å².